The van der Waals surface area contributed by atoms with Gasteiger partial charge in [0.2, 0.25) is 0 Å². The Bertz CT molecular complexity index is 463. The molecule has 0 amide bonds. The first-order chi connectivity index (χ1) is 10.7. The summed E-state index contributed by atoms with van der Waals surface area (Å²) in [6, 6.07) is 2.21. The second kappa shape index (κ2) is 8.89. The van der Waals surface area contributed by atoms with Crippen LogP contribution in [0, 0.1) is 11.3 Å². The van der Waals surface area contributed by atoms with Crippen molar-refractivity contribution in [2.24, 2.45) is 0 Å². The minimum Gasteiger partial charge on any atom is -0.375 e. The monoisotopic (exact) mass is 303 g/mol. The van der Waals surface area contributed by atoms with E-state index in [0.29, 0.717) is 19.1 Å². The van der Waals surface area contributed by atoms with Crippen LogP contribution in [0.2, 0.25) is 0 Å². The quantitative estimate of drug-likeness (QED) is 0.535. The van der Waals surface area contributed by atoms with Crippen LogP contribution in [-0.4, -0.2) is 37.6 Å². The van der Waals surface area contributed by atoms with Gasteiger partial charge in [0.1, 0.15) is 6.10 Å². The van der Waals surface area contributed by atoms with Crippen LogP contribution in [0.5, 0.6) is 0 Å². The molecule has 0 aliphatic carbocycles. The number of nitrogens with zero attached hydrogens (tertiary/aromatic N) is 1. The molecule has 2 rings (SSSR count). The molecule has 0 aromatic carbocycles. The van der Waals surface area contributed by atoms with Crippen LogP contribution < -0.4 is 0 Å². The number of nitriles is 1. The Morgan fingerprint density at radius 1 is 1.50 bits per heavy atom. The van der Waals surface area contributed by atoms with E-state index in [4.69, 9.17) is 19.5 Å². The molecule has 2 aliphatic rings. The van der Waals surface area contributed by atoms with Crippen molar-refractivity contribution in [3.05, 3.63) is 36.5 Å². The van der Waals surface area contributed by atoms with Crippen LogP contribution in [0.1, 0.15) is 32.6 Å². The average Bonchev–Trinajstić information content (AvgIpc) is 2.53. The van der Waals surface area contributed by atoms with E-state index >= 15 is 0 Å². The topological polar surface area (TPSA) is 51.5 Å². The van der Waals surface area contributed by atoms with Gasteiger partial charge in [0.25, 0.3) is 0 Å². The summed E-state index contributed by atoms with van der Waals surface area (Å²) in [5.74, 6) is 0. The molecule has 4 heteroatoms. The average molecular weight is 303 g/mol. The minimum absolute atomic E-state index is 0.0876. The van der Waals surface area contributed by atoms with Crippen molar-refractivity contribution in [1.82, 2.24) is 0 Å². The predicted octanol–water partition coefficient (Wildman–Crippen LogP) is 3.31. The van der Waals surface area contributed by atoms with Gasteiger partial charge >= 0.3 is 0 Å². The molecular formula is C18H25NO3. The van der Waals surface area contributed by atoms with Crippen molar-refractivity contribution in [1.29, 1.82) is 5.26 Å². The van der Waals surface area contributed by atoms with E-state index in [2.05, 4.69) is 12.6 Å². The molecule has 2 aliphatic heterocycles. The van der Waals surface area contributed by atoms with Gasteiger partial charge in [-0.1, -0.05) is 24.3 Å². The van der Waals surface area contributed by atoms with Crippen LogP contribution >= 0.6 is 0 Å². The number of hydrogen-bond donors (Lipinski definition) is 0. The Hall–Kier alpha value is -1.41. The zero-order valence-electron chi connectivity index (χ0n) is 13.2. The van der Waals surface area contributed by atoms with Gasteiger partial charge in [0.05, 0.1) is 37.4 Å². The standard InChI is InChI=1S/C18H25NO3/c1-3-4-5-6-7-14(2)16(8-10-19)22-18-13-21-15-9-11-20-17(18)12-15/h3,5-7,15-18H,1,4,8-9,11-13H2,2H3/b6-5-,14-7+. The lowest BCUT2D eigenvalue weighted by Crippen LogP contribution is -2.49. The first-order valence-electron chi connectivity index (χ1n) is 7.94. The SMILES string of the molecule is C=CC/C=C\C=C(/C)C(CC#N)OC1COC2CCOC1C2. The lowest BCUT2D eigenvalue weighted by atomic mass is 9.98. The summed E-state index contributed by atoms with van der Waals surface area (Å²) >= 11 is 0. The molecule has 2 fully saturated rings. The fourth-order valence-corrected chi connectivity index (χ4v) is 2.78. The molecule has 4 unspecified atom stereocenters. The molecule has 0 aromatic heterocycles. The highest BCUT2D eigenvalue weighted by Crippen LogP contribution is 2.28. The van der Waals surface area contributed by atoms with Gasteiger partial charge in [-0.15, -0.1) is 6.58 Å². The highest BCUT2D eigenvalue weighted by atomic mass is 16.6. The van der Waals surface area contributed by atoms with E-state index in [1.807, 2.05) is 31.2 Å². The van der Waals surface area contributed by atoms with Crippen molar-refractivity contribution in [2.45, 2.75) is 57.0 Å². The van der Waals surface area contributed by atoms with Crippen LogP contribution in [0.15, 0.2) is 36.5 Å². The van der Waals surface area contributed by atoms with Gasteiger partial charge in [0.15, 0.2) is 0 Å². The van der Waals surface area contributed by atoms with Gasteiger partial charge in [-0.3, -0.25) is 0 Å². The van der Waals surface area contributed by atoms with Crippen LogP contribution in [0.4, 0.5) is 0 Å². The number of allylic oxidation sites excluding steroid dienone is 4. The first kappa shape index (κ1) is 17.0. The zero-order chi connectivity index (χ0) is 15.8. The lowest BCUT2D eigenvalue weighted by molar-refractivity contribution is -0.202. The van der Waals surface area contributed by atoms with Gasteiger partial charge in [-0.05, 0) is 25.3 Å². The Morgan fingerprint density at radius 3 is 3.14 bits per heavy atom. The zero-order valence-corrected chi connectivity index (χ0v) is 13.2. The summed E-state index contributed by atoms with van der Waals surface area (Å²) in [7, 11) is 0. The largest absolute Gasteiger partial charge is 0.375 e. The summed E-state index contributed by atoms with van der Waals surface area (Å²) in [6.07, 6.45) is 11.0. The number of hydrogen-bond acceptors (Lipinski definition) is 4. The number of ether oxygens (including phenoxy) is 3. The first-order valence-corrected chi connectivity index (χ1v) is 7.94. The molecule has 0 radical (unpaired) electrons. The predicted molar refractivity (Wildman–Crippen MR) is 85.3 cm³/mol. The highest BCUT2D eigenvalue weighted by Gasteiger charge is 2.37. The van der Waals surface area contributed by atoms with Crippen LogP contribution in [0.3, 0.4) is 0 Å². The third-order valence-electron chi connectivity index (χ3n) is 4.10. The summed E-state index contributed by atoms with van der Waals surface area (Å²) in [5, 5.41) is 9.05. The highest BCUT2D eigenvalue weighted by molar-refractivity contribution is 5.16. The molecule has 0 aromatic rings. The molecule has 4 atom stereocenters. The van der Waals surface area contributed by atoms with Crippen LogP contribution in [0.25, 0.3) is 0 Å². The number of rotatable bonds is 7. The molecule has 2 saturated heterocycles. The van der Waals surface area contributed by atoms with Gasteiger partial charge in [-0.25, -0.2) is 0 Å². The molecule has 0 spiro atoms. The van der Waals surface area contributed by atoms with Crippen molar-refractivity contribution in [2.75, 3.05) is 13.2 Å². The van der Waals surface area contributed by atoms with Gasteiger partial charge in [0, 0.05) is 13.0 Å². The molecular weight excluding hydrogens is 278 g/mol. The maximum atomic E-state index is 9.05. The van der Waals surface area contributed by atoms with Crippen molar-refractivity contribution in [3.8, 4) is 6.07 Å². The number of fused-ring (bicyclic) bond motifs is 2. The Kier molecular flexibility index (Phi) is 6.85. The maximum Gasteiger partial charge on any atom is 0.108 e. The second-order valence-electron chi connectivity index (χ2n) is 5.78. The van der Waals surface area contributed by atoms with Crippen molar-refractivity contribution < 1.29 is 14.2 Å². The van der Waals surface area contributed by atoms with Crippen molar-refractivity contribution >= 4 is 0 Å². The summed E-state index contributed by atoms with van der Waals surface area (Å²) in [4.78, 5) is 0. The molecule has 22 heavy (non-hydrogen) atoms. The van der Waals surface area contributed by atoms with Gasteiger partial charge < -0.3 is 14.2 Å². The van der Waals surface area contributed by atoms with E-state index in [-0.39, 0.29) is 18.3 Å². The molecule has 2 heterocycles. The Morgan fingerprint density at radius 2 is 2.36 bits per heavy atom. The van der Waals surface area contributed by atoms with Gasteiger partial charge in [-0.2, -0.15) is 5.26 Å². The van der Waals surface area contributed by atoms with E-state index in [0.717, 1.165) is 31.4 Å². The smallest absolute Gasteiger partial charge is 0.108 e. The molecule has 4 nitrogen and oxygen atoms in total. The van der Waals surface area contributed by atoms with E-state index in [1.54, 1.807) is 0 Å². The van der Waals surface area contributed by atoms with E-state index in [9.17, 15) is 0 Å². The second-order valence-corrected chi connectivity index (χ2v) is 5.78. The van der Waals surface area contributed by atoms with Crippen LogP contribution in [-0.2, 0) is 14.2 Å². The van der Waals surface area contributed by atoms with E-state index in [1.165, 1.54) is 0 Å². The Labute approximate surface area is 133 Å². The third-order valence-corrected chi connectivity index (χ3v) is 4.10. The Balaban J connectivity index is 1.95. The van der Waals surface area contributed by atoms with E-state index < -0.39 is 0 Å². The minimum atomic E-state index is -0.214. The summed E-state index contributed by atoms with van der Waals surface area (Å²) in [5.41, 5.74) is 1.04. The summed E-state index contributed by atoms with van der Waals surface area (Å²) in [6.45, 7) is 6.96. The normalized spacial score (nSPS) is 30.0. The third kappa shape index (κ3) is 4.81. The van der Waals surface area contributed by atoms with Crippen molar-refractivity contribution in [3.63, 3.8) is 0 Å². The fraction of sp³-hybridized carbons (Fsp3) is 0.611. The molecule has 120 valence electrons. The maximum absolute atomic E-state index is 9.05. The fourth-order valence-electron chi connectivity index (χ4n) is 2.78. The molecule has 2 bridgehead atoms. The molecule has 0 N–H and O–H groups in total. The summed E-state index contributed by atoms with van der Waals surface area (Å²) < 4.78 is 17.7. The lowest BCUT2D eigenvalue weighted by Gasteiger charge is -2.41. The molecule has 0 saturated carbocycles.